The summed E-state index contributed by atoms with van der Waals surface area (Å²) in [4.78, 5) is 10.1. The maximum absolute atomic E-state index is 10.7. The molecule has 0 amide bonds. The van der Waals surface area contributed by atoms with Gasteiger partial charge in [0.05, 0.1) is 15.0 Å². The van der Waals surface area contributed by atoms with Gasteiger partial charge in [-0.3, -0.25) is 10.1 Å². The van der Waals surface area contributed by atoms with Crippen LogP contribution in [-0.4, -0.2) is 35.3 Å². The number of rotatable bonds is 7. The second-order valence-corrected chi connectivity index (χ2v) is 5.38. The molecule has 8 heteroatoms. The van der Waals surface area contributed by atoms with Crippen molar-refractivity contribution < 1.29 is 14.8 Å². The van der Waals surface area contributed by atoms with Gasteiger partial charge in [0.25, 0.3) is 5.69 Å². The van der Waals surface area contributed by atoms with Crippen molar-refractivity contribution in [2.45, 2.75) is 19.4 Å². The lowest BCUT2D eigenvalue weighted by Crippen LogP contribution is -2.42. The first-order chi connectivity index (χ1) is 9.26. The molecule has 1 aromatic rings. The highest BCUT2D eigenvalue weighted by Gasteiger charge is 2.23. The van der Waals surface area contributed by atoms with Crippen molar-refractivity contribution in [3.8, 4) is 5.75 Å². The Morgan fingerprint density at radius 3 is 2.45 bits per heavy atom. The molecular formula is C12H16Cl2N2O4. The third kappa shape index (κ3) is 4.79. The minimum atomic E-state index is -1.11. The van der Waals surface area contributed by atoms with Gasteiger partial charge in [0.15, 0.2) is 5.75 Å². The van der Waals surface area contributed by atoms with Gasteiger partial charge in [-0.2, -0.15) is 0 Å². The first-order valence-electron chi connectivity index (χ1n) is 5.96. The van der Waals surface area contributed by atoms with Crippen LogP contribution in [0.2, 0.25) is 10.0 Å². The fraction of sp³-hybridized carbons (Fsp3) is 0.500. The standard InChI is InChI=1S/C12H16Cl2N2O4/c1-3-15-6-12(2,17)7-20-11-9(13)4-8(16(18)19)5-10(11)14/h4-5,15,17H,3,6-7H2,1-2H3. The normalized spacial score (nSPS) is 13.8. The monoisotopic (exact) mass is 322 g/mol. The second-order valence-electron chi connectivity index (χ2n) is 4.56. The highest BCUT2D eigenvalue weighted by molar-refractivity contribution is 6.37. The lowest BCUT2D eigenvalue weighted by Gasteiger charge is -2.24. The Hall–Kier alpha value is -1.08. The largest absolute Gasteiger partial charge is 0.487 e. The molecule has 6 nitrogen and oxygen atoms in total. The van der Waals surface area contributed by atoms with Crippen molar-refractivity contribution in [1.82, 2.24) is 5.32 Å². The van der Waals surface area contributed by atoms with E-state index in [1.54, 1.807) is 6.92 Å². The van der Waals surface area contributed by atoms with E-state index in [0.717, 1.165) is 18.7 Å². The van der Waals surface area contributed by atoms with Crippen LogP contribution in [0.15, 0.2) is 12.1 Å². The highest BCUT2D eigenvalue weighted by Crippen LogP contribution is 2.37. The number of benzene rings is 1. The van der Waals surface area contributed by atoms with Gasteiger partial charge in [0.2, 0.25) is 0 Å². The van der Waals surface area contributed by atoms with Gasteiger partial charge in [-0.15, -0.1) is 0 Å². The van der Waals surface area contributed by atoms with Gasteiger partial charge in [-0.1, -0.05) is 30.1 Å². The predicted octanol–water partition coefficient (Wildman–Crippen LogP) is 2.64. The van der Waals surface area contributed by atoms with E-state index >= 15 is 0 Å². The molecule has 0 fully saturated rings. The van der Waals surface area contributed by atoms with Crippen LogP contribution in [-0.2, 0) is 0 Å². The van der Waals surface area contributed by atoms with Gasteiger partial charge < -0.3 is 15.2 Å². The van der Waals surface area contributed by atoms with Crippen LogP contribution in [0.25, 0.3) is 0 Å². The summed E-state index contributed by atoms with van der Waals surface area (Å²) in [6.07, 6.45) is 0. The molecule has 1 atom stereocenters. The van der Waals surface area contributed by atoms with E-state index in [-0.39, 0.29) is 28.1 Å². The van der Waals surface area contributed by atoms with E-state index in [1.165, 1.54) is 0 Å². The third-order valence-corrected chi connectivity index (χ3v) is 3.04. The summed E-state index contributed by atoms with van der Waals surface area (Å²) in [7, 11) is 0. The number of non-ortho nitro benzene ring substituents is 1. The molecule has 20 heavy (non-hydrogen) atoms. The van der Waals surface area contributed by atoms with Crippen LogP contribution in [0.4, 0.5) is 5.69 Å². The third-order valence-electron chi connectivity index (χ3n) is 2.48. The minimum Gasteiger partial charge on any atom is -0.487 e. The summed E-state index contributed by atoms with van der Waals surface area (Å²) in [5.74, 6) is 0.121. The zero-order valence-electron chi connectivity index (χ0n) is 11.2. The van der Waals surface area contributed by atoms with Crippen LogP contribution >= 0.6 is 23.2 Å². The van der Waals surface area contributed by atoms with Crippen molar-refractivity contribution in [2.75, 3.05) is 19.7 Å². The summed E-state index contributed by atoms with van der Waals surface area (Å²) in [5, 5.41) is 23.8. The predicted molar refractivity (Wildman–Crippen MR) is 77.8 cm³/mol. The van der Waals surface area contributed by atoms with Crippen molar-refractivity contribution >= 4 is 28.9 Å². The van der Waals surface area contributed by atoms with Crippen LogP contribution < -0.4 is 10.1 Å². The number of nitro benzene ring substituents is 1. The Labute approximate surface area is 126 Å². The number of ether oxygens (including phenoxy) is 1. The van der Waals surface area contributed by atoms with E-state index in [4.69, 9.17) is 27.9 Å². The SMILES string of the molecule is CCNCC(C)(O)COc1c(Cl)cc([N+](=O)[O-])cc1Cl. The van der Waals surface area contributed by atoms with E-state index in [9.17, 15) is 15.2 Å². The van der Waals surface area contributed by atoms with Gasteiger partial charge in [0, 0.05) is 18.7 Å². The molecule has 0 saturated heterocycles. The molecule has 112 valence electrons. The Bertz CT molecular complexity index is 471. The minimum absolute atomic E-state index is 0.0310. The van der Waals surface area contributed by atoms with Gasteiger partial charge in [-0.25, -0.2) is 0 Å². The maximum Gasteiger partial charge on any atom is 0.272 e. The molecule has 0 spiro atoms. The molecule has 0 aromatic heterocycles. The molecule has 1 unspecified atom stereocenters. The van der Waals surface area contributed by atoms with Gasteiger partial charge in [0.1, 0.15) is 12.2 Å². The number of nitrogens with zero attached hydrogens (tertiary/aromatic N) is 1. The van der Waals surface area contributed by atoms with Crippen LogP contribution in [0.1, 0.15) is 13.8 Å². The number of hydrogen-bond donors (Lipinski definition) is 2. The molecule has 0 bridgehead atoms. The number of aliphatic hydroxyl groups is 1. The molecular weight excluding hydrogens is 307 g/mol. The lowest BCUT2D eigenvalue weighted by atomic mass is 10.1. The molecule has 1 aromatic carbocycles. The Morgan fingerprint density at radius 1 is 1.45 bits per heavy atom. The summed E-state index contributed by atoms with van der Waals surface area (Å²) in [6, 6.07) is 2.31. The Morgan fingerprint density at radius 2 is 2.00 bits per heavy atom. The first kappa shape index (κ1) is 17.0. The number of nitro groups is 1. The topological polar surface area (TPSA) is 84.6 Å². The number of likely N-dealkylation sites (N-methyl/N-ethyl adjacent to an activating group) is 1. The summed E-state index contributed by atoms with van der Waals surface area (Å²) in [5.41, 5.74) is -1.32. The Kier molecular flexibility index (Phi) is 6.01. The van der Waals surface area contributed by atoms with Crippen LogP contribution in [0.5, 0.6) is 5.75 Å². The maximum atomic E-state index is 10.7. The zero-order chi connectivity index (χ0) is 15.3. The highest BCUT2D eigenvalue weighted by atomic mass is 35.5. The van der Waals surface area contributed by atoms with Gasteiger partial charge in [-0.05, 0) is 13.5 Å². The molecule has 0 aliphatic rings. The molecule has 0 heterocycles. The average molecular weight is 323 g/mol. The van der Waals surface area contributed by atoms with E-state index < -0.39 is 10.5 Å². The lowest BCUT2D eigenvalue weighted by molar-refractivity contribution is -0.384. The Balaban J connectivity index is 2.81. The van der Waals surface area contributed by atoms with Gasteiger partial charge >= 0.3 is 0 Å². The van der Waals surface area contributed by atoms with Crippen molar-refractivity contribution in [2.24, 2.45) is 0 Å². The quantitative estimate of drug-likeness (QED) is 0.595. The first-order valence-corrected chi connectivity index (χ1v) is 6.72. The number of nitrogens with one attached hydrogen (secondary N) is 1. The van der Waals surface area contributed by atoms with E-state index in [0.29, 0.717) is 6.54 Å². The van der Waals surface area contributed by atoms with Crippen LogP contribution in [0, 0.1) is 10.1 Å². The fourth-order valence-corrected chi connectivity index (χ4v) is 2.05. The smallest absolute Gasteiger partial charge is 0.272 e. The molecule has 0 saturated carbocycles. The molecule has 0 aliphatic heterocycles. The summed E-state index contributed by atoms with van der Waals surface area (Å²) >= 11 is 11.8. The molecule has 1 rings (SSSR count). The number of halogens is 2. The van der Waals surface area contributed by atoms with Crippen molar-refractivity contribution in [3.63, 3.8) is 0 Å². The summed E-state index contributed by atoms with van der Waals surface area (Å²) in [6.45, 7) is 4.53. The van der Waals surface area contributed by atoms with Crippen LogP contribution in [0.3, 0.4) is 0 Å². The fourth-order valence-electron chi connectivity index (χ4n) is 1.46. The van der Waals surface area contributed by atoms with Crippen molar-refractivity contribution in [1.29, 1.82) is 0 Å². The van der Waals surface area contributed by atoms with Crippen molar-refractivity contribution in [3.05, 3.63) is 32.3 Å². The number of hydrogen-bond acceptors (Lipinski definition) is 5. The molecule has 2 N–H and O–H groups in total. The summed E-state index contributed by atoms with van der Waals surface area (Å²) < 4.78 is 5.39. The second kappa shape index (κ2) is 7.08. The average Bonchev–Trinajstić information content (AvgIpc) is 2.35. The molecule has 0 aliphatic carbocycles. The van der Waals surface area contributed by atoms with E-state index in [2.05, 4.69) is 5.32 Å². The van der Waals surface area contributed by atoms with E-state index in [1.807, 2.05) is 6.92 Å². The molecule has 0 radical (unpaired) electrons. The zero-order valence-corrected chi connectivity index (χ0v) is 12.7.